The van der Waals surface area contributed by atoms with Crippen molar-refractivity contribution in [1.29, 1.82) is 0 Å². The van der Waals surface area contributed by atoms with E-state index in [4.69, 9.17) is 18.6 Å². The molecule has 0 fully saturated rings. The van der Waals surface area contributed by atoms with Gasteiger partial charge in [-0.3, -0.25) is 9.79 Å². The van der Waals surface area contributed by atoms with Gasteiger partial charge in [0.05, 0.1) is 20.6 Å². The van der Waals surface area contributed by atoms with Crippen LogP contribution in [-0.4, -0.2) is 30.8 Å². The maximum Gasteiger partial charge on any atom is 0.231 e. The van der Waals surface area contributed by atoms with Gasteiger partial charge in [0.1, 0.15) is 11.0 Å². The van der Waals surface area contributed by atoms with Crippen molar-refractivity contribution in [3.63, 3.8) is 0 Å². The molecule has 3 aromatic rings. The lowest BCUT2D eigenvalue weighted by molar-refractivity contribution is -1.92. The van der Waals surface area contributed by atoms with Crippen molar-refractivity contribution in [1.82, 2.24) is 0 Å². The van der Waals surface area contributed by atoms with Crippen LogP contribution in [-0.2, 0) is 0 Å². The molecule has 0 bridgehead atoms. The molecule has 1 aliphatic rings. The molecule has 1 aliphatic heterocycles. The Labute approximate surface area is 187 Å². The van der Waals surface area contributed by atoms with Crippen molar-refractivity contribution in [3.05, 3.63) is 76.2 Å². The average Bonchev–Trinajstić information content (AvgIpc) is 2.96. The van der Waals surface area contributed by atoms with Gasteiger partial charge in [-0.1, -0.05) is 36.4 Å². The number of anilines is 4. The van der Waals surface area contributed by atoms with Crippen molar-refractivity contribution >= 4 is 22.7 Å². The third-order valence-electron chi connectivity index (χ3n) is 4.81. The quantitative estimate of drug-likeness (QED) is 0.403. The van der Waals surface area contributed by atoms with Gasteiger partial charge in [-0.2, -0.15) is 14.0 Å². The molecule has 32 heavy (non-hydrogen) atoms. The molecular formula is C22H25ClN4O5. The Balaban J connectivity index is 0.000000523. The van der Waals surface area contributed by atoms with Crippen molar-refractivity contribution in [2.24, 2.45) is 4.99 Å². The van der Waals surface area contributed by atoms with E-state index in [9.17, 15) is 4.79 Å². The molecule has 0 radical (unpaired) electrons. The zero-order valence-corrected chi connectivity index (χ0v) is 18.1. The van der Waals surface area contributed by atoms with Crippen LogP contribution >= 0.6 is 0 Å². The van der Waals surface area contributed by atoms with Crippen molar-refractivity contribution in [2.45, 2.75) is 12.8 Å². The largest absolute Gasteiger partial charge is 0.385 e. The van der Waals surface area contributed by atoms with Crippen molar-refractivity contribution in [3.8, 4) is 0 Å². The van der Waals surface area contributed by atoms with E-state index in [0.29, 0.717) is 11.9 Å². The first-order chi connectivity index (χ1) is 15.3. The van der Waals surface area contributed by atoms with Gasteiger partial charge >= 0.3 is 0 Å². The number of nitrogens with one attached hydrogen (secondary N) is 2. The summed E-state index contributed by atoms with van der Waals surface area (Å²) >= 11 is 0. The molecular weight excluding hydrogens is 436 g/mol. The van der Waals surface area contributed by atoms with Gasteiger partial charge in [0, 0.05) is 37.6 Å². The number of benzene rings is 2. The first-order valence-corrected chi connectivity index (χ1v) is 11.4. The predicted molar refractivity (Wildman–Crippen MR) is 114 cm³/mol. The Bertz CT molecular complexity index is 1060. The zero-order chi connectivity index (χ0) is 23.0. The van der Waals surface area contributed by atoms with Gasteiger partial charge in [-0.15, -0.1) is 0 Å². The number of fused-ring (bicyclic) bond motifs is 1. The maximum atomic E-state index is 12.5. The van der Waals surface area contributed by atoms with Crippen LogP contribution in [0, 0.1) is 10.2 Å². The molecule has 0 saturated carbocycles. The average molecular weight is 461 g/mol. The van der Waals surface area contributed by atoms with Crippen LogP contribution in [0.25, 0.3) is 0 Å². The van der Waals surface area contributed by atoms with E-state index in [1.54, 1.807) is 0 Å². The fourth-order valence-electron chi connectivity index (χ4n) is 3.45. The second kappa shape index (κ2) is 11.1. The monoisotopic (exact) mass is 460 g/mol. The van der Waals surface area contributed by atoms with E-state index in [1.807, 2.05) is 48.5 Å². The van der Waals surface area contributed by atoms with Crippen LogP contribution < -0.4 is 40.3 Å². The Morgan fingerprint density at radius 1 is 1.06 bits per heavy atom. The molecule has 4 rings (SSSR count). The Morgan fingerprint density at radius 3 is 2.34 bits per heavy atom. The maximum absolute atomic E-state index is 12.5. The van der Waals surface area contributed by atoms with Crippen LogP contribution in [0.4, 0.5) is 22.7 Å². The molecule has 3 N–H and O–H groups in total. The fourth-order valence-corrected chi connectivity index (χ4v) is 3.45. The number of halogens is 1. The molecule has 170 valence electrons. The number of rotatable bonds is 6. The molecule has 10 heteroatoms. The number of nitrogens with zero attached hydrogens (tertiary/aromatic N) is 2. The van der Waals surface area contributed by atoms with Crippen LogP contribution in [0.3, 0.4) is 0 Å². The normalized spacial score (nSPS) is 14.1. The van der Waals surface area contributed by atoms with Gasteiger partial charge in [-0.05, 0) is 37.1 Å². The van der Waals surface area contributed by atoms with E-state index in [1.165, 1.54) is 0 Å². The molecule has 0 unspecified atom stereocenters. The summed E-state index contributed by atoms with van der Waals surface area (Å²) in [7, 11) is -4.69. The van der Waals surface area contributed by atoms with Gasteiger partial charge in [-0.25, -0.2) is 0 Å². The highest BCUT2D eigenvalue weighted by atomic mass is 35.7. The summed E-state index contributed by atoms with van der Waals surface area (Å²) in [4.78, 5) is 19.4. The van der Waals surface area contributed by atoms with E-state index < -0.39 is 10.2 Å². The summed E-state index contributed by atoms with van der Waals surface area (Å²) in [6.07, 6.45) is 1.87. The van der Waals surface area contributed by atoms with Crippen LogP contribution in [0.1, 0.15) is 12.8 Å². The lowest BCUT2D eigenvalue weighted by Gasteiger charge is -2.26. The van der Waals surface area contributed by atoms with Crippen molar-refractivity contribution < 1.29 is 28.9 Å². The zero-order valence-electron chi connectivity index (χ0n) is 17.4. The first kappa shape index (κ1) is 23.7. The van der Waals surface area contributed by atoms with Crippen LogP contribution in [0.5, 0.6) is 0 Å². The highest BCUT2D eigenvalue weighted by molar-refractivity contribution is 5.81. The first-order valence-electron chi connectivity index (χ1n) is 10.2. The van der Waals surface area contributed by atoms with Crippen molar-refractivity contribution in [2.75, 3.05) is 41.7 Å². The summed E-state index contributed by atoms with van der Waals surface area (Å²) in [5, 5.41) is 7.27. The Kier molecular flexibility index (Phi) is 8.20. The lowest BCUT2D eigenvalue weighted by Crippen LogP contribution is -2.58. The molecule has 9 nitrogen and oxygen atoms in total. The SMILES string of the molecule is O=c1c2c(c1=NCCCNc1ccccc1)N(c1ccccc1)CCCN2.[O-][Cl+3]([O-])([O-])O. The number of para-hydroxylation sites is 2. The smallest absolute Gasteiger partial charge is 0.231 e. The third kappa shape index (κ3) is 6.78. The molecule has 0 aliphatic carbocycles. The van der Waals surface area contributed by atoms with Gasteiger partial charge in [0.25, 0.3) is 0 Å². The molecule has 0 aromatic heterocycles. The van der Waals surface area contributed by atoms with Crippen LogP contribution in [0.15, 0.2) is 70.5 Å². The Hall–Kier alpha value is -2.95. The van der Waals surface area contributed by atoms with E-state index in [2.05, 4.69) is 32.7 Å². The highest BCUT2D eigenvalue weighted by Gasteiger charge is 2.26. The minimum atomic E-state index is -4.69. The van der Waals surface area contributed by atoms with E-state index >= 15 is 0 Å². The van der Waals surface area contributed by atoms with Gasteiger partial charge in [0.15, 0.2) is 0 Å². The second-order valence-electron chi connectivity index (χ2n) is 7.09. The summed E-state index contributed by atoms with van der Waals surface area (Å²) in [5.74, 6) is 0. The van der Waals surface area contributed by atoms with E-state index in [-0.39, 0.29) is 5.43 Å². The van der Waals surface area contributed by atoms with Gasteiger partial charge in [0.2, 0.25) is 5.43 Å². The molecule has 0 spiro atoms. The second-order valence-corrected chi connectivity index (χ2v) is 7.88. The molecule has 0 amide bonds. The lowest BCUT2D eigenvalue weighted by atomic mass is 10.1. The molecule has 0 atom stereocenters. The topological polar surface area (TPSA) is 146 Å². The fraction of sp³-hybridized carbons (Fsp3) is 0.273. The summed E-state index contributed by atoms with van der Waals surface area (Å²) < 4.78 is 32.7. The number of hydrogen-bond donors (Lipinski definition) is 3. The van der Waals surface area contributed by atoms with E-state index in [0.717, 1.165) is 55.2 Å². The predicted octanol–water partition coefficient (Wildman–Crippen LogP) is -0.845. The minimum Gasteiger partial charge on any atom is -0.385 e. The van der Waals surface area contributed by atoms with Crippen LogP contribution in [0.2, 0.25) is 0 Å². The molecule has 1 heterocycles. The summed E-state index contributed by atoms with van der Waals surface area (Å²) in [5.41, 5.74) is 3.94. The number of hydrogen-bond acceptors (Lipinski definition) is 9. The highest BCUT2D eigenvalue weighted by Crippen LogP contribution is 2.30. The third-order valence-corrected chi connectivity index (χ3v) is 4.81. The Morgan fingerprint density at radius 2 is 1.69 bits per heavy atom. The summed E-state index contributed by atoms with van der Waals surface area (Å²) in [6, 6.07) is 20.4. The van der Waals surface area contributed by atoms with Gasteiger partial charge < -0.3 is 15.5 Å². The molecule has 0 saturated heterocycles. The standard InChI is InChI=1S/C22H24N4O.ClHO4/c27-22-19(24-14-7-13-23-17-9-3-1-4-10-17)21-20(22)25-15-8-16-26(21)18-11-5-2-6-12-18;2-1(3,4)5/h1-6,9-12,23,25H,7-8,13-16H2;(H,2,3,4,5). The molecule has 3 aromatic carbocycles. The minimum absolute atomic E-state index is 0.0452. The summed E-state index contributed by atoms with van der Waals surface area (Å²) in [6.45, 7) is 3.18.